The Bertz CT molecular complexity index is 1690. The minimum absolute atomic E-state index is 0.00551. The Morgan fingerprint density at radius 1 is 0.763 bits per heavy atom. The molecule has 38 heavy (non-hydrogen) atoms. The maximum absolute atomic E-state index is 5.25. The Labute approximate surface area is 223 Å². The van der Waals surface area contributed by atoms with E-state index in [0.29, 0.717) is 0 Å². The highest BCUT2D eigenvalue weighted by molar-refractivity contribution is 6.11. The van der Waals surface area contributed by atoms with E-state index in [1.807, 2.05) is 0 Å². The normalized spacial score (nSPS) is 23.6. The molecule has 3 nitrogen and oxygen atoms in total. The van der Waals surface area contributed by atoms with E-state index in [1.165, 1.54) is 33.5 Å². The van der Waals surface area contributed by atoms with Gasteiger partial charge in [-0.25, -0.2) is 4.99 Å². The molecular weight excluding hydrogens is 462 g/mol. The molecule has 2 aliphatic carbocycles. The summed E-state index contributed by atoms with van der Waals surface area (Å²) in [6, 6.07) is 37.1. The van der Waals surface area contributed by atoms with Crippen LogP contribution in [-0.4, -0.2) is 17.9 Å². The van der Waals surface area contributed by atoms with Crippen molar-refractivity contribution in [2.45, 2.75) is 37.4 Å². The second-order valence-electron chi connectivity index (χ2n) is 11.2. The van der Waals surface area contributed by atoms with E-state index in [9.17, 15) is 0 Å². The lowest BCUT2D eigenvalue weighted by Crippen LogP contribution is -2.52. The molecule has 8 rings (SSSR count). The number of nitrogens with one attached hydrogen (secondary N) is 1. The van der Waals surface area contributed by atoms with Gasteiger partial charge >= 0.3 is 0 Å². The second kappa shape index (κ2) is 7.82. The lowest BCUT2D eigenvalue weighted by molar-refractivity contribution is 0.621. The van der Waals surface area contributed by atoms with Crippen LogP contribution >= 0.6 is 0 Å². The van der Waals surface area contributed by atoms with Crippen molar-refractivity contribution in [1.29, 1.82) is 0 Å². The smallest absolute Gasteiger partial charge is 0.144 e. The number of hydrogen-bond acceptors (Lipinski definition) is 3. The predicted octanol–water partition coefficient (Wildman–Crippen LogP) is 7.85. The Morgan fingerprint density at radius 2 is 1.50 bits per heavy atom. The van der Waals surface area contributed by atoms with Crippen molar-refractivity contribution >= 4 is 28.3 Å². The molecule has 0 radical (unpaired) electrons. The van der Waals surface area contributed by atoms with Crippen molar-refractivity contribution in [3.05, 3.63) is 143 Å². The third-order valence-corrected chi connectivity index (χ3v) is 8.84. The average molecular weight is 492 g/mol. The van der Waals surface area contributed by atoms with Crippen LogP contribution in [0.3, 0.4) is 0 Å². The van der Waals surface area contributed by atoms with E-state index in [1.54, 1.807) is 0 Å². The number of nitrogens with zero attached hydrogens (tertiary/aromatic N) is 2. The van der Waals surface area contributed by atoms with Crippen LogP contribution in [0.5, 0.6) is 0 Å². The fourth-order valence-electron chi connectivity index (χ4n) is 7.06. The third kappa shape index (κ3) is 2.93. The van der Waals surface area contributed by atoms with Gasteiger partial charge in [0.2, 0.25) is 0 Å². The fourth-order valence-corrected chi connectivity index (χ4v) is 7.06. The van der Waals surface area contributed by atoms with Crippen molar-refractivity contribution in [2.24, 2.45) is 4.99 Å². The maximum Gasteiger partial charge on any atom is 0.144 e. The summed E-state index contributed by atoms with van der Waals surface area (Å²) in [5.41, 5.74) is 12.6. The molecule has 0 saturated carbocycles. The van der Waals surface area contributed by atoms with Gasteiger partial charge in [-0.3, -0.25) is 0 Å². The van der Waals surface area contributed by atoms with Crippen LogP contribution in [-0.2, 0) is 5.41 Å². The Hall–Kier alpha value is -4.37. The molecule has 4 aliphatic rings. The van der Waals surface area contributed by atoms with Crippen LogP contribution in [0.2, 0.25) is 0 Å². The molecule has 0 aromatic heterocycles. The third-order valence-electron chi connectivity index (χ3n) is 8.84. The topological polar surface area (TPSA) is 27.6 Å². The first-order valence-electron chi connectivity index (χ1n) is 13.5. The first-order valence-corrected chi connectivity index (χ1v) is 13.5. The Kier molecular flexibility index (Phi) is 4.46. The standard InChI is InChI=1S/C35H29N3/c1-35(2)27-16-8-6-14-23(27)25-21-32-26(20-28(25)35)24-15-7-11-19-31(24)38(32)34-33(22-12-4-3-5-13-22)36-29-17-9-10-18-30(29)37-34/h3-21,26,32,34,37H,1-2H3. The quantitative estimate of drug-likeness (QED) is 0.309. The molecule has 0 bridgehead atoms. The summed E-state index contributed by atoms with van der Waals surface area (Å²) in [7, 11) is 0. The molecule has 4 aromatic carbocycles. The summed E-state index contributed by atoms with van der Waals surface area (Å²) >= 11 is 0. The van der Waals surface area contributed by atoms with Crippen LogP contribution in [0, 0.1) is 0 Å². The van der Waals surface area contributed by atoms with Crippen LogP contribution < -0.4 is 10.2 Å². The van der Waals surface area contributed by atoms with E-state index in [0.717, 1.165) is 22.6 Å². The lowest BCUT2D eigenvalue weighted by Gasteiger charge is -2.40. The van der Waals surface area contributed by atoms with E-state index in [-0.39, 0.29) is 23.5 Å². The largest absolute Gasteiger partial charge is 0.358 e. The minimum atomic E-state index is -0.0973. The summed E-state index contributed by atoms with van der Waals surface area (Å²) in [6.45, 7) is 4.74. The van der Waals surface area contributed by atoms with Gasteiger partial charge in [0.25, 0.3) is 0 Å². The second-order valence-corrected chi connectivity index (χ2v) is 11.2. The van der Waals surface area contributed by atoms with Gasteiger partial charge in [-0.2, -0.15) is 0 Å². The molecule has 3 atom stereocenters. The fraction of sp³-hybridized carbons (Fsp3) is 0.171. The molecule has 3 unspecified atom stereocenters. The van der Waals surface area contributed by atoms with Crippen LogP contribution in [0.15, 0.2) is 126 Å². The molecule has 0 saturated heterocycles. The van der Waals surface area contributed by atoms with Gasteiger partial charge in [-0.05, 0) is 46.0 Å². The Balaban J connectivity index is 1.33. The van der Waals surface area contributed by atoms with Crippen LogP contribution in [0.1, 0.15) is 42.0 Å². The molecule has 4 aromatic rings. The predicted molar refractivity (Wildman–Crippen MR) is 157 cm³/mol. The highest BCUT2D eigenvalue weighted by Crippen LogP contribution is 2.56. The van der Waals surface area contributed by atoms with Crippen molar-refractivity contribution < 1.29 is 0 Å². The van der Waals surface area contributed by atoms with Crippen molar-refractivity contribution in [1.82, 2.24) is 0 Å². The molecule has 3 heteroatoms. The number of hydrogen-bond donors (Lipinski definition) is 1. The SMILES string of the molecule is CC1(C)C2=CC3c4ccccc4N(C4Nc5ccccc5N=C4c4ccccc4)C3C=C2c2ccccc21. The molecule has 0 spiro atoms. The first kappa shape index (κ1) is 21.7. The number of para-hydroxylation sites is 3. The zero-order chi connectivity index (χ0) is 25.4. The van der Waals surface area contributed by atoms with Gasteiger partial charge in [0, 0.05) is 22.6 Å². The zero-order valence-corrected chi connectivity index (χ0v) is 21.6. The average Bonchev–Trinajstić information content (AvgIpc) is 3.40. The van der Waals surface area contributed by atoms with Crippen LogP contribution in [0.4, 0.5) is 17.1 Å². The zero-order valence-electron chi connectivity index (χ0n) is 21.6. The molecule has 2 aliphatic heterocycles. The molecule has 2 heterocycles. The summed E-state index contributed by atoms with van der Waals surface area (Å²) in [5.74, 6) is 0.287. The summed E-state index contributed by atoms with van der Waals surface area (Å²) < 4.78 is 0. The molecule has 0 fully saturated rings. The van der Waals surface area contributed by atoms with E-state index < -0.39 is 0 Å². The molecule has 184 valence electrons. The monoisotopic (exact) mass is 491 g/mol. The van der Waals surface area contributed by atoms with Gasteiger partial charge in [0.1, 0.15) is 6.17 Å². The first-order chi connectivity index (χ1) is 18.6. The van der Waals surface area contributed by atoms with Gasteiger partial charge in [0.15, 0.2) is 0 Å². The van der Waals surface area contributed by atoms with Crippen LogP contribution in [0.25, 0.3) is 5.57 Å². The van der Waals surface area contributed by atoms with Crippen molar-refractivity contribution in [3.63, 3.8) is 0 Å². The number of benzene rings is 4. The highest BCUT2D eigenvalue weighted by atomic mass is 15.3. The van der Waals surface area contributed by atoms with E-state index >= 15 is 0 Å². The molecular formula is C35H29N3. The van der Waals surface area contributed by atoms with Gasteiger partial charge in [-0.1, -0.05) is 111 Å². The summed E-state index contributed by atoms with van der Waals surface area (Å²) in [4.78, 5) is 7.83. The minimum Gasteiger partial charge on any atom is -0.358 e. The van der Waals surface area contributed by atoms with Gasteiger partial charge in [-0.15, -0.1) is 0 Å². The van der Waals surface area contributed by atoms with Crippen molar-refractivity contribution in [2.75, 3.05) is 10.2 Å². The number of fused-ring (bicyclic) bond motifs is 7. The van der Waals surface area contributed by atoms with E-state index in [2.05, 4.69) is 139 Å². The van der Waals surface area contributed by atoms with Gasteiger partial charge in [0.05, 0.1) is 23.1 Å². The maximum atomic E-state index is 5.25. The number of anilines is 2. The number of aliphatic imine (C=N–C) groups is 1. The lowest BCUT2D eigenvalue weighted by atomic mass is 9.76. The number of allylic oxidation sites excluding steroid dienone is 2. The summed E-state index contributed by atoms with van der Waals surface area (Å²) in [6.07, 6.45) is 5.01. The summed E-state index contributed by atoms with van der Waals surface area (Å²) in [5, 5.41) is 3.90. The van der Waals surface area contributed by atoms with Gasteiger partial charge < -0.3 is 10.2 Å². The van der Waals surface area contributed by atoms with Crippen molar-refractivity contribution in [3.8, 4) is 0 Å². The molecule has 1 N–H and O–H groups in total. The number of rotatable bonds is 2. The Morgan fingerprint density at radius 3 is 2.39 bits per heavy atom. The van der Waals surface area contributed by atoms with E-state index in [4.69, 9.17) is 4.99 Å². The highest BCUT2D eigenvalue weighted by Gasteiger charge is 2.48. The molecule has 0 amide bonds.